The fourth-order valence-electron chi connectivity index (χ4n) is 8.06. The Labute approximate surface area is 287 Å². The largest absolute Gasteiger partial charge is 0.378 e. The number of hydrogen-bond acceptors (Lipinski definition) is 11. The van der Waals surface area contributed by atoms with Crippen LogP contribution in [0.5, 0.6) is 0 Å². The van der Waals surface area contributed by atoms with Crippen LogP contribution in [0, 0.1) is 5.92 Å². The number of nitrogens with zero attached hydrogens (tertiary/aromatic N) is 7. The van der Waals surface area contributed by atoms with Gasteiger partial charge in [-0.25, -0.2) is 22.8 Å². The fraction of sp³-hybridized carbons (Fsp3) is 0.571. The highest BCUT2D eigenvalue weighted by Crippen LogP contribution is 2.44. The van der Waals surface area contributed by atoms with E-state index in [0.29, 0.717) is 63.0 Å². The number of sulfone groups is 1. The minimum atomic E-state index is -3.24. The summed E-state index contributed by atoms with van der Waals surface area (Å²) in [5.41, 5.74) is 1.68. The zero-order chi connectivity index (χ0) is 34.5. The molecule has 1 amide bonds. The second-order valence-electron chi connectivity index (χ2n) is 14.3. The van der Waals surface area contributed by atoms with Crippen molar-refractivity contribution >= 4 is 49.8 Å². The van der Waals surface area contributed by atoms with Gasteiger partial charge in [0.05, 0.1) is 46.3 Å². The van der Waals surface area contributed by atoms with Crippen molar-refractivity contribution in [3.05, 3.63) is 49.1 Å². The van der Waals surface area contributed by atoms with Crippen LogP contribution in [0.2, 0.25) is 0 Å². The van der Waals surface area contributed by atoms with Crippen molar-refractivity contribution in [2.75, 3.05) is 55.0 Å². The Morgan fingerprint density at radius 2 is 1.86 bits per heavy atom. The number of fused-ring (bicyclic) bond motifs is 1. The Morgan fingerprint density at radius 1 is 1.04 bits per heavy atom. The van der Waals surface area contributed by atoms with Gasteiger partial charge in [-0.1, -0.05) is 13.0 Å². The lowest BCUT2D eigenvalue weighted by Crippen LogP contribution is -2.58. The Bertz CT molecular complexity index is 1850. The number of methoxy groups -OCH3 is 1. The van der Waals surface area contributed by atoms with Gasteiger partial charge < -0.3 is 24.8 Å². The lowest BCUT2D eigenvalue weighted by Gasteiger charge is -2.48. The summed E-state index contributed by atoms with van der Waals surface area (Å²) < 4.78 is 46.1. The number of pyridine rings is 2. The number of piperidine rings is 1. The first-order chi connectivity index (χ1) is 23.5. The molecule has 0 saturated carbocycles. The summed E-state index contributed by atoms with van der Waals surface area (Å²) >= 11 is 0. The highest BCUT2D eigenvalue weighted by Gasteiger charge is 2.50. The Kier molecular flexibility index (Phi) is 8.97. The highest BCUT2D eigenvalue weighted by atomic mass is 32.2. The van der Waals surface area contributed by atoms with E-state index in [4.69, 9.17) is 14.7 Å². The van der Waals surface area contributed by atoms with Crippen molar-refractivity contribution in [1.29, 1.82) is 0 Å². The predicted molar refractivity (Wildman–Crippen MR) is 188 cm³/mol. The van der Waals surface area contributed by atoms with Gasteiger partial charge in [-0.05, 0) is 64.2 Å². The van der Waals surface area contributed by atoms with E-state index >= 15 is 0 Å². The molecular weight excluding hydrogens is 648 g/mol. The number of carbonyl (C=O) groups excluding carboxylic acids is 1. The number of hydrogen-bond donors (Lipinski definition) is 1. The second kappa shape index (κ2) is 13.1. The summed E-state index contributed by atoms with van der Waals surface area (Å²) in [6.07, 6.45) is 9.58. The van der Waals surface area contributed by atoms with Crippen LogP contribution < -0.4 is 15.1 Å². The van der Waals surface area contributed by atoms with Crippen molar-refractivity contribution in [3.63, 3.8) is 0 Å². The molecule has 4 atom stereocenters. The number of alkyl halides is 1. The molecule has 0 aliphatic carbocycles. The molecule has 4 aliphatic rings. The molecule has 4 aliphatic heterocycles. The van der Waals surface area contributed by atoms with E-state index in [1.807, 2.05) is 42.1 Å². The van der Waals surface area contributed by atoms with Crippen LogP contribution in [0.4, 0.5) is 27.7 Å². The van der Waals surface area contributed by atoms with Gasteiger partial charge >= 0.3 is 0 Å². The maximum absolute atomic E-state index is 14.6. The predicted octanol–water partition coefficient (Wildman–Crippen LogP) is 4.76. The van der Waals surface area contributed by atoms with E-state index in [-0.39, 0.29) is 29.7 Å². The van der Waals surface area contributed by atoms with E-state index < -0.39 is 26.9 Å². The van der Waals surface area contributed by atoms with E-state index in [1.165, 1.54) is 13.2 Å². The molecule has 1 N–H and O–H groups in total. The van der Waals surface area contributed by atoms with Crippen LogP contribution >= 0.6 is 0 Å². The fourth-order valence-corrected chi connectivity index (χ4v) is 10.5. The summed E-state index contributed by atoms with van der Waals surface area (Å²) in [5, 5.41) is 4.71. The zero-order valence-corrected chi connectivity index (χ0v) is 29.2. The number of carbonyl (C=O) groups is 1. The first-order valence-corrected chi connectivity index (χ1v) is 18.8. The van der Waals surface area contributed by atoms with Gasteiger partial charge in [-0.15, -0.1) is 0 Å². The standard InChI is InChI=1S/C35H45FN8O4S/c1-5-32(45)44-14-7-8-26(44)33-23-16-31(40-30-10-13-37-34(41-30)42-15-11-28(48-4)25(36)21-42)38-17-24(23)27(18-39-33)43-19-22(20-43)29-9-6-12-35(2,3)49(29,46)47/h5,10,13,16-18,22,25-26,28-29H,1,6-9,11-12,14-15,19-21H2,2-4H3,(H,37,38,40,41)/t25-,26?,28+,29?/m0/s1. The number of ether oxygens (including phenoxy) is 1. The van der Waals surface area contributed by atoms with Crippen molar-refractivity contribution in [1.82, 2.24) is 24.8 Å². The van der Waals surface area contributed by atoms with Crippen LogP contribution in [-0.4, -0.2) is 101 Å². The smallest absolute Gasteiger partial charge is 0.246 e. The van der Waals surface area contributed by atoms with Crippen LogP contribution in [0.25, 0.3) is 10.8 Å². The van der Waals surface area contributed by atoms with Gasteiger partial charge in [-0.2, -0.15) is 4.98 Å². The van der Waals surface area contributed by atoms with Crippen LogP contribution in [-0.2, 0) is 19.4 Å². The van der Waals surface area contributed by atoms with Gasteiger partial charge in [0, 0.05) is 62.4 Å². The number of rotatable bonds is 8. The number of amides is 1. The number of aromatic nitrogens is 4. The molecule has 4 fully saturated rings. The van der Waals surface area contributed by atoms with E-state index in [2.05, 4.69) is 26.8 Å². The Balaban J connectivity index is 1.18. The molecule has 262 valence electrons. The van der Waals surface area contributed by atoms with E-state index in [0.717, 1.165) is 41.4 Å². The maximum atomic E-state index is 14.6. The molecule has 2 unspecified atom stereocenters. The first kappa shape index (κ1) is 33.6. The van der Waals surface area contributed by atoms with Crippen LogP contribution in [0.3, 0.4) is 0 Å². The molecule has 0 aromatic carbocycles. The van der Waals surface area contributed by atoms with Gasteiger partial charge in [-0.3, -0.25) is 9.78 Å². The van der Waals surface area contributed by atoms with Crippen molar-refractivity contribution in [2.24, 2.45) is 5.92 Å². The van der Waals surface area contributed by atoms with Gasteiger partial charge in [0.25, 0.3) is 0 Å². The monoisotopic (exact) mass is 692 g/mol. The summed E-state index contributed by atoms with van der Waals surface area (Å²) in [5.74, 6) is 1.40. The average molecular weight is 693 g/mol. The number of anilines is 4. The lowest BCUT2D eigenvalue weighted by atomic mass is 9.90. The van der Waals surface area contributed by atoms with E-state index in [1.54, 1.807) is 12.3 Å². The topological polar surface area (TPSA) is 134 Å². The van der Waals surface area contributed by atoms with Crippen LogP contribution in [0.1, 0.15) is 64.1 Å². The number of nitrogens with one attached hydrogen (secondary N) is 1. The minimum absolute atomic E-state index is 0.0589. The Hall–Kier alpha value is -3.91. The molecule has 7 heterocycles. The quantitative estimate of drug-likeness (QED) is 0.328. The van der Waals surface area contributed by atoms with Gasteiger partial charge in [0.15, 0.2) is 9.84 Å². The molecule has 3 aromatic rings. The Morgan fingerprint density at radius 3 is 2.61 bits per heavy atom. The summed E-state index contributed by atoms with van der Waals surface area (Å²) in [7, 11) is -1.71. The number of halogens is 1. The first-order valence-electron chi connectivity index (χ1n) is 17.2. The molecule has 0 radical (unpaired) electrons. The summed E-state index contributed by atoms with van der Waals surface area (Å²) in [6.45, 7) is 10.0. The zero-order valence-electron chi connectivity index (χ0n) is 28.4. The van der Waals surface area contributed by atoms with Crippen LogP contribution in [0.15, 0.2) is 43.4 Å². The highest BCUT2D eigenvalue weighted by molar-refractivity contribution is 7.93. The van der Waals surface area contributed by atoms with E-state index in [9.17, 15) is 17.6 Å². The summed E-state index contributed by atoms with van der Waals surface area (Å²) in [4.78, 5) is 37.4. The SMILES string of the molecule is C=CC(=O)N1CCCC1c1ncc(N2CC(C3CCCC(C)(C)S3(=O)=O)C2)c2cnc(Nc3ccnc(N4CC[C@@H](OC)[C@@H](F)C4)n3)cc12. The lowest BCUT2D eigenvalue weighted by molar-refractivity contribution is -0.126. The average Bonchev–Trinajstić information content (AvgIpc) is 3.55. The maximum Gasteiger partial charge on any atom is 0.246 e. The summed E-state index contributed by atoms with van der Waals surface area (Å²) in [6, 6.07) is 3.46. The molecule has 7 rings (SSSR count). The third-order valence-corrected chi connectivity index (χ3v) is 14.1. The second-order valence-corrected chi connectivity index (χ2v) is 17.1. The number of likely N-dealkylation sites (tertiary alicyclic amines) is 1. The molecule has 0 bridgehead atoms. The molecule has 49 heavy (non-hydrogen) atoms. The normalized spacial score (nSPS) is 26.8. The molecule has 4 saturated heterocycles. The molecule has 14 heteroatoms. The molecule has 0 spiro atoms. The van der Waals surface area contributed by atoms with Gasteiger partial charge in [0.1, 0.15) is 17.8 Å². The van der Waals surface area contributed by atoms with Crippen molar-refractivity contribution < 1.29 is 22.3 Å². The molecule has 3 aromatic heterocycles. The molecular formula is C35H45FN8O4S. The third kappa shape index (κ3) is 6.11. The third-order valence-electron chi connectivity index (χ3n) is 11.0. The molecule has 12 nitrogen and oxygen atoms in total. The van der Waals surface area contributed by atoms with Crippen molar-refractivity contribution in [2.45, 2.75) is 80.7 Å². The minimum Gasteiger partial charge on any atom is -0.378 e. The van der Waals surface area contributed by atoms with Gasteiger partial charge in [0.2, 0.25) is 11.9 Å². The van der Waals surface area contributed by atoms with Crippen molar-refractivity contribution in [3.8, 4) is 0 Å².